The van der Waals surface area contributed by atoms with Crippen LogP contribution in [-0.2, 0) is 27.9 Å². The first-order valence-corrected chi connectivity index (χ1v) is 8.75. The summed E-state index contributed by atoms with van der Waals surface area (Å²) in [5.41, 5.74) is -0.728. The molecule has 0 aromatic carbocycles. The summed E-state index contributed by atoms with van der Waals surface area (Å²) in [6, 6.07) is -1.19. The monoisotopic (exact) mass is 339 g/mol. The molecule has 1 N–H and O–H groups in total. The minimum absolute atomic E-state index is 0.150. The second kappa shape index (κ2) is 9.12. The molecule has 0 rings (SSSR count). The van der Waals surface area contributed by atoms with Crippen molar-refractivity contribution in [3.63, 3.8) is 0 Å². The predicted molar refractivity (Wildman–Crippen MR) is 80.9 cm³/mol. The van der Waals surface area contributed by atoms with E-state index in [9.17, 15) is 14.2 Å². The average molecular weight is 339 g/mol. The maximum atomic E-state index is 12.5. The molecule has 0 aliphatic carbocycles. The van der Waals surface area contributed by atoms with E-state index in [0.29, 0.717) is 0 Å². The minimum Gasteiger partial charge on any atom is -0.467 e. The molecule has 22 heavy (non-hydrogen) atoms. The van der Waals surface area contributed by atoms with Crippen LogP contribution in [-0.4, -0.2) is 50.2 Å². The Morgan fingerprint density at radius 1 is 1.14 bits per heavy atom. The third-order valence-electron chi connectivity index (χ3n) is 2.23. The fourth-order valence-corrected chi connectivity index (χ4v) is 3.29. The maximum Gasteiger partial charge on any atom is 0.408 e. The molecular formula is C13H26NO7P. The number of hydrogen-bond donors (Lipinski definition) is 1. The Balaban J connectivity index is 5.02. The number of esters is 1. The fourth-order valence-electron chi connectivity index (χ4n) is 1.53. The van der Waals surface area contributed by atoms with Crippen molar-refractivity contribution >= 4 is 19.7 Å². The molecule has 0 saturated carbocycles. The first-order chi connectivity index (χ1) is 10.1. The van der Waals surface area contributed by atoms with Gasteiger partial charge in [0.2, 0.25) is 0 Å². The van der Waals surface area contributed by atoms with E-state index in [-0.39, 0.29) is 19.4 Å². The van der Waals surface area contributed by atoms with Crippen molar-refractivity contribution in [3.8, 4) is 0 Å². The molecule has 1 amide bonds. The van der Waals surface area contributed by atoms with Gasteiger partial charge in [0.25, 0.3) is 0 Å². The smallest absolute Gasteiger partial charge is 0.408 e. The number of alkyl carbamates (subject to hydrolysis) is 1. The van der Waals surface area contributed by atoms with Crippen molar-refractivity contribution in [1.29, 1.82) is 0 Å². The molecule has 130 valence electrons. The van der Waals surface area contributed by atoms with Crippen molar-refractivity contribution in [2.75, 3.05) is 26.5 Å². The highest BCUT2D eigenvalue weighted by Crippen LogP contribution is 2.48. The number of ether oxygens (including phenoxy) is 2. The summed E-state index contributed by atoms with van der Waals surface area (Å²) in [4.78, 5) is 23.6. The lowest BCUT2D eigenvalue weighted by atomic mass is 10.2. The van der Waals surface area contributed by atoms with Gasteiger partial charge in [0.05, 0.1) is 26.5 Å². The highest BCUT2D eigenvalue weighted by atomic mass is 31.2. The zero-order valence-electron chi connectivity index (χ0n) is 14.0. The van der Waals surface area contributed by atoms with Crippen LogP contribution in [0, 0.1) is 0 Å². The van der Waals surface area contributed by atoms with Gasteiger partial charge >= 0.3 is 19.7 Å². The van der Waals surface area contributed by atoms with E-state index in [1.165, 1.54) is 7.11 Å². The molecule has 0 saturated heterocycles. The Bertz CT molecular complexity index is 409. The molecule has 0 heterocycles. The van der Waals surface area contributed by atoms with Crippen LogP contribution in [0.15, 0.2) is 0 Å². The van der Waals surface area contributed by atoms with Crippen LogP contribution in [0.4, 0.5) is 4.79 Å². The number of carbonyl (C=O) groups is 2. The molecule has 9 heteroatoms. The Kier molecular flexibility index (Phi) is 8.66. The fraction of sp³-hybridized carbons (Fsp3) is 0.846. The quantitative estimate of drug-likeness (QED) is 0.535. The summed E-state index contributed by atoms with van der Waals surface area (Å²) < 4.78 is 32.4. The number of nitrogens with one attached hydrogen (secondary N) is 1. The molecule has 1 atom stereocenters. The largest absolute Gasteiger partial charge is 0.467 e. The van der Waals surface area contributed by atoms with Gasteiger partial charge in [-0.15, -0.1) is 0 Å². The van der Waals surface area contributed by atoms with Gasteiger partial charge in [0, 0.05) is 0 Å². The van der Waals surface area contributed by atoms with Gasteiger partial charge in [-0.05, 0) is 34.6 Å². The van der Waals surface area contributed by atoms with E-state index in [0.717, 1.165) is 0 Å². The number of carbonyl (C=O) groups excluding carboxylic acids is 2. The Hall–Kier alpha value is -1.11. The third kappa shape index (κ3) is 8.36. The predicted octanol–water partition coefficient (Wildman–Crippen LogP) is 2.32. The second-order valence-corrected chi connectivity index (χ2v) is 7.45. The molecule has 0 bridgehead atoms. The maximum absolute atomic E-state index is 12.5. The minimum atomic E-state index is -3.52. The van der Waals surface area contributed by atoms with Crippen molar-refractivity contribution in [2.24, 2.45) is 0 Å². The molecule has 0 aromatic heterocycles. The Labute approximate surface area is 131 Å². The summed E-state index contributed by atoms with van der Waals surface area (Å²) in [5.74, 6) is -0.759. The average Bonchev–Trinajstić information content (AvgIpc) is 2.35. The zero-order chi connectivity index (χ0) is 17.4. The topological polar surface area (TPSA) is 100 Å². The summed E-state index contributed by atoms with van der Waals surface area (Å²) >= 11 is 0. The molecule has 8 nitrogen and oxygen atoms in total. The SMILES string of the molecule is CCOP(=O)(C[C@@H](NC(=O)OC(C)(C)C)C(=O)OC)OCC. The molecule has 0 aromatic rings. The standard InChI is InChI=1S/C13H26NO7P/c1-7-19-22(17,20-8-2)9-10(11(15)18-6)14-12(16)21-13(3,4)5/h10H,7-9H2,1-6H3,(H,14,16)/t10-/m1/s1. The van der Waals surface area contributed by atoms with Crippen LogP contribution in [0.2, 0.25) is 0 Å². The lowest BCUT2D eigenvalue weighted by molar-refractivity contribution is -0.142. The van der Waals surface area contributed by atoms with Gasteiger partial charge < -0.3 is 23.8 Å². The van der Waals surface area contributed by atoms with Crippen LogP contribution in [0.3, 0.4) is 0 Å². The van der Waals surface area contributed by atoms with Crippen LogP contribution in [0.25, 0.3) is 0 Å². The Morgan fingerprint density at radius 3 is 2.00 bits per heavy atom. The molecule has 0 aliphatic rings. The number of amides is 1. The van der Waals surface area contributed by atoms with E-state index in [2.05, 4.69) is 10.1 Å². The lowest BCUT2D eigenvalue weighted by Gasteiger charge is -2.24. The second-order valence-electron chi connectivity index (χ2n) is 5.35. The van der Waals surface area contributed by atoms with E-state index in [1.54, 1.807) is 34.6 Å². The van der Waals surface area contributed by atoms with Crippen molar-refractivity contribution in [1.82, 2.24) is 5.32 Å². The van der Waals surface area contributed by atoms with Gasteiger partial charge in [0.1, 0.15) is 11.6 Å². The molecule has 0 radical (unpaired) electrons. The van der Waals surface area contributed by atoms with Gasteiger partial charge in [-0.1, -0.05) is 0 Å². The summed E-state index contributed by atoms with van der Waals surface area (Å²) in [7, 11) is -2.36. The third-order valence-corrected chi connectivity index (χ3v) is 4.35. The molecular weight excluding hydrogens is 313 g/mol. The highest BCUT2D eigenvalue weighted by Gasteiger charge is 2.35. The van der Waals surface area contributed by atoms with Gasteiger partial charge in [-0.25, -0.2) is 9.59 Å². The van der Waals surface area contributed by atoms with Gasteiger partial charge in [-0.2, -0.15) is 0 Å². The summed E-state index contributed by atoms with van der Waals surface area (Å²) in [5, 5.41) is 2.33. The van der Waals surface area contributed by atoms with Gasteiger partial charge in [-0.3, -0.25) is 4.57 Å². The van der Waals surface area contributed by atoms with Crippen LogP contribution in [0.1, 0.15) is 34.6 Å². The van der Waals surface area contributed by atoms with Crippen molar-refractivity contribution in [3.05, 3.63) is 0 Å². The molecule has 0 aliphatic heterocycles. The Morgan fingerprint density at radius 2 is 1.64 bits per heavy atom. The van der Waals surface area contributed by atoms with E-state index in [4.69, 9.17) is 13.8 Å². The van der Waals surface area contributed by atoms with E-state index < -0.39 is 31.3 Å². The van der Waals surface area contributed by atoms with Crippen LogP contribution >= 0.6 is 7.60 Å². The summed E-state index contributed by atoms with van der Waals surface area (Å²) in [6.07, 6.45) is -1.15. The van der Waals surface area contributed by atoms with E-state index >= 15 is 0 Å². The van der Waals surface area contributed by atoms with Gasteiger partial charge in [0.15, 0.2) is 0 Å². The number of hydrogen-bond acceptors (Lipinski definition) is 7. The van der Waals surface area contributed by atoms with Crippen molar-refractivity contribution < 1.29 is 32.7 Å². The summed E-state index contributed by atoms with van der Waals surface area (Å²) in [6.45, 7) is 8.66. The van der Waals surface area contributed by atoms with Crippen LogP contribution in [0.5, 0.6) is 0 Å². The van der Waals surface area contributed by atoms with Crippen LogP contribution < -0.4 is 5.32 Å². The molecule has 0 spiro atoms. The zero-order valence-corrected chi connectivity index (χ0v) is 14.9. The van der Waals surface area contributed by atoms with E-state index in [1.807, 2.05) is 0 Å². The molecule has 0 unspecified atom stereocenters. The first-order valence-electron chi connectivity index (χ1n) is 7.02. The normalized spacial score (nSPS) is 13.4. The number of methoxy groups -OCH3 is 1. The number of rotatable bonds is 8. The van der Waals surface area contributed by atoms with Crippen molar-refractivity contribution in [2.45, 2.75) is 46.3 Å². The lowest BCUT2D eigenvalue weighted by Crippen LogP contribution is -2.46. The highest BCUT2D eigenvalue weighted by molar-refractivity contribution is 7.54. The molecule has 0 fully saturated rings. The first kappa shape index (κ1) is 20.9.